The fourth-order valence-electron chi connectivity index (χ4n) is 2.95. The minimum Gasteiger partial charge on any atom is -0.490 e. The third-order valence-electron chi connectivity index (χ3n) is 4.22. The van der Waals surface area contributed by atoms with E-state index < -0.39 is 11.4 Å². The monoisotopic (exact) mass is 345 g/mol. The summed E-state index contributed by atoms with van der Waals surface area (Å²) < 4.78 is 18.7. The molecule has 1 saturated heterocycles. The molecule has 7 heteroatoms. The van der Waals surface area contributed by atoms with Crippen LogP contribution in [0.1, 0.15) is 23.2 Å². The zero-order valence-corrected chi connectivity index (χ0v) is 13.7. The van der Waals surface area contributed by atoms with E-state index in [-0.39, 0.29) is 24.9 Å². The van der Waals surface area contributed by atoms with Crippen molar-refractivity contribution in [2.75, 3.05) is 25.4 Å². The van der Waals surface area contributed by atoms with E-state index >= 15 is 0 Å². The number of aromatic nitrogens is 1. The number of aliphatic hydroxyl groups is 1. The third-order valence-corrected chi connectivity index (χ3v) is 4.22. The minimum absolute atomic E-state index is 0.0250. The molecule has 1 amide bonds. The fraction of sp³-hybridized carbons (Fsp3) is 0.333. The molecule has 1 fully saturated rings. The number of benzene rings is 1. The van der Waals surface area contributed by atoms with Gasteiger partial charge in [0.05, 0.1) is 12.1 Å². The van der Waals surface area contributed by atoms with Crippen molar-refractivity contribution < 1.29 is 19.0 Å². The molecule has 3 rings (SSSR count). The molecule has 1 aromatic heterocycles. The van der Waals surface area contributed by atoms with E-state index in [4.69, 9.17) is 10.5 Å². The maximum atomic E-state index is 13.2. The molecule has 6 nitrogen and oxygen atoms in total. The van der Waals surface area contributed by atoms with Crippen LogP contribution in [0.3, 0.4) is 0 Å². The topological polar surface area (TPSA) is 88.7 Å². The molecular weight excluding hydrogens is 325 g/mol. The van der Waals surface area contributed by atoms with Gasteiger partial charge in [-0.1, -0.05) is 6.07 Å². The Labute approximate surface area is 145 Å². The maximum Gasteiger partial charge on any atom is 0.257 e. The number of β-amino-alcohol motifs (C(OH)–C–C–N with tert-alkyl or cyclic N) is 1. The van der Waals surface area contributed by atoms with E-state index in [0.29, 0.717) is 30.7 Å². The van der Waals surface area contributed by atoms with E-state index in [1.54, 1.807) is 23.1 Å². The normalized spacial score (nSPS) is 20.3. The summed E-state index contributed by atoms with van der Waals surface area (Å²) >= 11 is 0. The van der Waals surface area contributed by atoms with Gasteiger partial charge in [0, 0.05) is 18.8 Å². The minimum atomic E-state index is -1.20. The van der Waals surface area contributed by atoms with Crippen LogP contribution in [0, 0.1) is 5.82 Å². The number of piperidine rings is 1. The number of carbonyl (C=O) groups excluding carboxylic acids is 1. The second-order valence-corrected chi connectivity index (χ2v) is 6.24. The maximum absolute atomic E-state index is 13.2. The molecule has 1 aromatic carbocycles. The Balaban J connectivity index is 1.67. The summed E-state index contributed by atoms with van der Waals surface area (Å²) in [5.41, 5.74) is 4.88. The highest BCUT2D eigenvalue weighted by molar-refractivity contribution is 5.98. The summed E-state index contributed by atoms with van der Waals surface area (Å²) in [7, 11) is 0. The molecule has 0 unspecified atom stereocenters. The number of pyridine rings is 1. The van der Waals surface area contributed by atoms with Gasteiger partial charge in [0.15, 0.2) is 0 Å². The lowest BCUT2D eigenvalue weighted by molar-refractivity contribution is -0.0532. The number of nitrogen functional groups attached to an aromatic ring is 1. The van der Waals surface area contributed by atoms with Crippen molar-refractivity contribution in [1.82, 2.24) is 9.88 Å². The van der Waals surface area contributed by atoms with Crippen LogP contribution in [0.25, 0.3) is 0 Å². The molecule has 132 valence electrons. The van der Waals surface area contributed by atoms with Crippen LogP contribution in [0.5, 0.6) is 5.75 Å². The van der Waals surface area contributed by atoms with Gasteiger partial charge in [-0.15, -0.1) is 0 Å². The van der Waals surface area contributed by atoms with Gasteiger partial charge >= 0.3 is 0 Å². The number of rotatable bonds is 4. The number of likely N-dealkylation sites (tertiary alicyclic amines) is 1. The highest BCUT2D eigenvalue weighted by Gasteiger charge is 2.36. The van der Waals surface area contributed by atoms with Gasteiger partial charge in [-0.2, -0.15) is 0 Å². The van der Waals surface area contributed by atoms with E-state index in [0.717, 1.165) is 0 Å². The Morgan fingerprint density at radius 1 is 1.40 bits per heavy atom. The molecule has 1 aliphatic rings. The smallest absolute Gasteiger partial charge is 0.257 e. The Morgan fingerprint density at radius 3 is 3.00 bits per heavy atom. The van der Waals surface area contributed by atoms with E-state index in [1.807, 2.05) is 0 Å². The van der Waals surface area contributed by atoms with Crippen molar-refractivity contribution >= 4 is 11.7 Å². The lowest BCUT2D eigenvalue weighted by Crippen LogP contribution is -2.53. The third kappa shape index (κ3) is 4.06. The first-order valence-corrected chi connectivity index (χ1v) is 8.07. The van der Waals surface area contributed by atoms with Crippen LogP contribution in [0.2, 0.25) is 0 Å². The Hall–Kier alpha value is -2.67. The predicted octanol–water partition coefficient (Wildman–Crippen LogP) is 1.85. The van der Waals surface area contributed by atoms with Crippen molar-refractivity contribution in [3.05, 3.63) is 54.0 Å². The van der Waals surface area contributed by atoms with Crippen molar-refractivity contribution in [1.29, 1.82) is 0 Å². The molecule has 0 bridgehead atoms. The number of ether oxygens (including phenoxy) is 1. The second kappa shape index (κ2) is 7.06. The summed E-state index contributed by atoms with van der Waals surface area (Å²) in [6.45, 7) is 0.619. The zero-order valence-electron chi connectivity index (χ0n) is 13.7. The van der Waals surface area contributed by atoms with Gasteiger partial charge in [-0.25, -0.2) is 9.37 Å². The van der Waals surface area contributed by atoms with Crippen LogP contribution in [0.15, 0.2) is 42.6 Å². The summed E-state index contributed by atoms with van der Waals surface area (Å²) in [5, 5.41) is 10.8. The highest BCUT2D eigenvalue weighted by atomic mass is 19.1. The van der Waals surface area contributed by atoms with Gasteiger partial charge in [-0.05, 0) is 37.1 Å². The first-order valence-electron chi connectivity index (χ1n) is 8.07. The van der Waals surface area contributed by atoms with Crippen LogP contribution in [-0.4, -0.2) is 46.2 Å². The Morgan fingerprint density at radius 2 is 2.24 bits per heavy atom. The van der Waals surface area contributed by atoms with Gasteiger partial charge in [0.2, 0.25) is 0 Å². The molecule has 0 aliphatic carbocycles. The number of halogens is 1. The fourth-order valence-corrected chi connectivity index (χ4v) is 2.95. The van der Waals surface area contributed by atoms with Crippen LogP contribution < -0.4 is 10.5 Å². The van der Waals surface area contributed by atoms with Crippen LogP contribution in [-0.2, 0) is 0 Å². The first kappa shape index (κ1) is 17.2. The van der Waals surface area contributed by atoms with Crippen molar-refractivity contribution in [2.24, 2.45) is 0 Å². The predicted molar refractivity (Wildman–Crippen MR) is 90.6 cm³/mol. The molecule has 2 heterocycles. The zero-order chi connectivity index (χ0) is 17.9. The molecule has 0 spiro atoms. The summed E-state index contributed by atoms with van der Waals surface area (Å²) in [4.78, 5) is 18.1. The largest absolute Gasteiger partial charge is 0.490 e. The SMILES string of the molecule is Nc1ncccc1C(=O)N1CCC[C@@](O)(COc2cccc(F)c2)C1. The summed E-state index contributed by atoms with van der Waals surface area (Å²) in [6, 6.07) is 8.99. The number of hydrogen-bond acceptors (Lipinski definition) is 5. The lowest BCUT2D eigenvalue weighted by atomic mass is 9.93. The molecule has 1 atom stereocenters. The lowest BCUT2D eigenvalue weighted by Gasteiger charge is -2.39. The van der Waals surface area contributed by atoms with Gasteiger partial charge in [0.25, 0.3) is 5.91 Å². The first-order chi connectivity index (χ1) is 12.0. The number of amides is 1. The standard InChI is InChI=1S/C18H20FN3O3/c19-13-4-1-5-14(10-13)25-12-18(24)7-3-9-22(11-18)17(23)15-6-2-8-21-16(15)20/h1-2,4-6,8,10,24H,3,7,9,11-12H2,(H2,20,21)/t18-/m0/s1. The van der Waals surface area contributed by atoms with Gasteiger partial charge < -0.3 is 20.5 Å². The second-order valence-electron chi connectivity index (χ2n) is 6.24. The summed E-state index contributed by atoms with van der Waals surface area (Å²) in [6.07, 6.45) is 2.65. The molecule has 1 aliphatic heterocycles. The van der Waals surface area contributed by atoms with E-state index in [1.165, 1.54) is 24.4 Å². The molecule has 0 saturated carbocycles. The van der Waals surface area contributed by atoms with Gasteiger partial charge in [0.1, 0.15) is 29.6 Å². The highest BCUT2D eigenvalue weighted by Crippen LogP contribution is 2.25. The summed E-state index contributed by atoms with van der Waals surface area (Å²) in [5.74, 6) is -0.169. The van der Waals surface area contributed by atoms with Crippen LogP contribution in [0.4, 0.5) is 10.2 Å². The van der Waals surface area contributed by atoms with Crippen LogP contribution >= 0.6 is 0 Å². The Kier molecular flexibility index (Phi) is 4.85. The van der Waals surface area contributed by atoms with Crippen molar-refractivity contribution in [3.8, 4) is 5.75 Å². The number of hydrogen-bond donors (Lipinski definition) is 2. The average molecular weight is 345 g/mol. The molecular formula is C18H20FN3O3. The molecule has 25 heavy (non-hydrogen) atoms. The van der Waals surface area contributed by atoms with Crippen molar-refractivity contribution in [3.63, 3.8) is 0 Å². The number of nitrogens with zero attached hydrogens (tertiary/aromatic N) is 2. The number of carbonyl (C=O) groups is 1. The van der Waals surface area contributed by atoms with Gasteiger partial charge in [-0.3, -0.25) is 4.79 Å². The average Bonchev–Trinajstić information content (AvgIpc) is 2.60. The molecule has 2 aromatic rings. The van der Waals surface area contributed by atoms with Crippen molar-refractivity contribution in [2.45, 2.75) is 18.4 Å². The molecule has 0 radical (unpaired) electrons. The van der Waals surface area contributed by atoms with E-state index in [2.05, 4.69) is 4.98 Å². The quantitative estimate of drug-likeness (QED) is 0.883. The van der Waals surface area contributed by atoms with E-state index in [9.17, 15) is 14.3 Å². The number of anilines is 1. The number of nitrogens with two attached hydrogens (primary N) is 1. The Bertz CT molecular complexity index is 771. The molecule has 3 N–H and O–H groups in total.